The van der Waals surface area contributed by atoms with Crippen LogP contribution in [0.1, 0.15) is 31.4 Å². The summed E-state index contributed by atoms with van der Waals surface area (Å²) < 4.78 is 6.68. The highest BCUT2D eigenvalue weighted by Gasteiger charge is 2.17. The fraction of sp³-hybridized carbons (Fsp3) is 0.545. The molecule has 1 heterocycles. The Bertz CT molecular complexity index is 321. The molecule has 1 saturated carbocycles. The Balaban J connectivity index is 2.08. The first-order valence-electron chi connectivity index (χ1n) is 5.05. The highest BCUT2D eigenvalue weighted by Crippen LogP contribution is 2.28. The predicted molar refractivity (Wildman–Crippen MR) is 59.6 cm³/mol. The molecule has 0 N–H and O–H groups in total. The second-order valence-corrected chi connectivity index (χ2v) is 4.52. The molecule has 0 unspecified atom stereocenters. The van der Waals surface area contributed by atoms with Crippen molar-refractivity contribution in [3.63, 3.8) is 0 Å². The SMILES string of the molecule is Cc1ccc(OC2CCCC2)c(Br)n1. The number of hydrogen-bond acceptors (Lipinski definition) is 2. The van der Waals surface area contributed by atoms with Crippen molar-refractivity contribution in [1.82, 2.24) is 4.98 Å². The van der Waals surface area contributed by atoms with Gasteiger partial charge in [-0.1, -0.05) is 0 Å². The van der Waals surface area contributed by atoms with Gasteiger partial charge in [-0.25, -0.2) is 4.98 Å². The molecule has 0 bridgehead atoms. The lowest BCUT2D eigenvalue weighted by atomic mass is 10.3. The molecule has 1 aliphatic rings. The fourth-order valence-electron chi connectivity index (χ4n) is 1.79. The zero-order valence-electron chi connectivity index (χ0n) is 8.29. The van der Waals surface area contributed by atoms with Crippen LogP contribution in [0.3, 0.4) is 0 Å². The largest absolute Gasteiger partial charge is 0.488 e. The zero-order valence-corrected chi connectivity index (χ0v) is 9.88. The molecule has 1 aliphatic carbocycles. The summed E-state index contributed by atoms with van der Waals surface area (Å²) in [5.74, 6) is 0.877. The van der Waals surface area contributed by atoms with Gasteiger partial charge in [-0.2, -0.15) is 0 Å². The quantitative estimate of drug-likeness (QED) is 0.756. The van der Waals surface area contributed by atoms with Crippen LogP contribution in [0, 0.1) is 6.92 Å². The summed E-state index contributed by atoms with van der Waals surface area (Å²) in [6.07, 6.45) is 5.35. The van der Waals surface area contributed by atoms with Crippen LogP contribution in [0.15, 0.2) is 16.7 Å². The first kappa shape index (κ1) is 9.97. The van der Waals surface area contributed by atoms with Crippen LogP contribution in [0.4, 0.5) is 0 Å². The minimum absolute atomic E-state index is 0.399. The van der Waals surface area contributed by atoms with E-state index in [9.17, 15) is 0 Å². The molecule has 1 fully saturated rings. The smallest absolute Gasteiger partial charge is 0.152 e. The fourth-order valence-corrected chi connectivity index (χ4v) is 2.29. The number of ether oxygens (including phenoxy) is 1. The van der Waals surface area contributed by atoms with E-state index in [0.29, 0.717) is 6.10 Å². The summed E-state index contributed by atoms with van der Waals surface area (Å²) >= 11 is 3.42. The first-order chi connectivity index (χ1) is 6.75. The van der Waals surface area contributed by atoms with Crippen LogP contribution in [0.2, 0.25) is 0 Å². The molecule has 0 aromatic carbocycles. The summed E-state index contributed by atoms with van der Waals surface area (Å²) in [7, 11) is 0. The van der Waals surface area contributed by atoms with Crippen LogP contribution >= 0.6 is 15.9 Å². The number of aryl methyl sites for hydroxylation is 1. The standard InChI is InChI=1S/C11H14BrNO/c1-8-6-7-10(11(12)13-8)14-9-4-2-3-5-9/h6-7,9H,2-5H2,1H3. The van der Waals surface area contributed by atoms with E-state index in [1.54, 1.807) is 0 Å². The predicted octanol–water partition coefficient (Wildman–Crippen LogP) is 3.47. The molecule has 76 valence electrons. The third-order valence-corrected chi connectivity index (χ3v) is 3.12. The lowest BCUT2D eigenvalue weighted by molar-refractivity contribution is 0.207. The van der Waals surface area contributed by atoms with Crippen LogP contribution in [0.5, 0.6) is 5.75 Å². The van der Waals surface area contributed by atoms with E-state index in [0.717, 1.165) is 16.0 Å². The Hall–Kier alpha value is -0.570. The lowest BCUT2D eigenvalue weighted by Crippen LogP contribution is -2.11. The van der Waals surface area contributed by atoms with Gasteiger partial charge in [0.05, 0.1) is 6.10 Å². The molecule has 3 heteroatoms. The van der Waals surface area contributed by atoms with Gasteiger partial charge in [0.2, 0.25) is 0 Å². The summed E-state index contributed by atoms with van der Waals surface area (Å²) in [4.78, 5) is 4.31. The van der Waals surface area contributed by atoms with Gasteiger partial charge < -0.3 is 4.74 Å². The first-order valence-corrected chi connectivity index (χ1v) is 5.85. The van der Waals surface area contributed by atoms with Crippen molar-refractivity contribution >= 4 is 15.9 Å². The molecule has 0 radical (unpaired) electrons. The molecule has 14 heavy (non-hydrogen) atoms. The van der Waals surface area contributed by atoms with E-state index in [-0.39, 0.29) is 0 Å². The van der Waals surface area contributed by atoms with Crippen LogP contribution in [0.25, 0.3) is 0 Å². The van der Waals surface area contributed by atoms with Gasteiger partial charge in [0.15, 0.2) is 5.75 Å². The highest BCUT2D eigenvalue weighted by atomic mass is 79.9. The minimum Gasteiger partial charge on any atom is -0.488 e. The second kappa shape index (κ2) is 4.30. The van der Waals surface area contributed by atoms with E-state index in [1.807, 2.05) is 19.1 Å². The van der Waals surface area contributed by atoms with Crippen molar-refractivity contribution in [2.24, 2.45) is 0 Å². The van der Waals surface area contributed by atoms with E-state index >= 15 is 0 Å². The van der Waals surface area contributed by atoms with Crippen LogP contribution < -0.4 is 4.74 Å². The molecule has 1 aromatic heterocycles. The third-order valence-electron chi connectivity index (χ3n) is 2.55. The van der Waals surface area contributed by atoms with Crippen molar-refractivity contribution in [3.05, 3.63) is 22.4 Å². The maximum atomic E-state index is 5.85. The topological polar surface area (TPSA) is 22.1 Å². The van der Waals surface area contributed by atoms with Crippen molar-refractivity contribution < 1.29 is 4.74 Å². The van der Waals surface area contributed by atoms with Crippen molar-refractivity contribution in [2.45, 2.75) is 38.7 Å². The van der Waals surface area contributed by atoms with Crippen LogP contribution in [-0.4, -0.2) is 11.1 Å². The number of halogens is 1. The summed E-state index contributed by atoms with van der Waals surface area (Å²) in [5.41, 5.74) is 1.01. The van der Waals surface area contributed by atoms with Crippen LogP contribution in [-0.2, 0) is 0 Å². The highest BCUT2D eigenvalue weighted by molar-refractivity contribution is 9.10. The van der Waals surface area contributed by atoms with Gasteiger partial charge in [-0.15, -0.1) is 0 Å². The molecule has 0 atom stereocenters. The van der Waals surface area contributed by atoms with Crippen molar-refractivity contribution in [2.75, 3.05) is 0 Å². The van der Waals surface area contributed by atoms with E-state index < -0.39 is 0 Å². The Morgan fingerprint density at radius 3 is 2.71 bits per heavy atom. The Morgan fingerprint density at radius 1 is 1.36 bits per heavy atom. The second-order valence-electron chi connectivity index (χ2n) is 3.77. The monoisotopic (exact) mass is 255 g/mol. The summed E-state index contributed by atoms with van der Waals surface area (Å²) in [5, 5.41) is 0. The molecule has 0 aliphatic heterocycles. The minimum atomic E-state index is 0.399. The van der Waals surface area contributed by atoms with Gasteiger partial charge in [-0.3, -0.25) is 0 Å². The molecule has 0 amide bonds. The lowest BCUT2D eigenvalue weighted by Gasteiger charge is -2.13. The Kier molecular flexibility index (Phi) is 3.06. The Labute approximate surface area is 92.8 Å². The molecule has 0 saturated heterocycles. The maximum Gasteiger partial charge on any atom is 0.152 e. The number of rotatable bonds is 2. The van der Waals surface area contributed by atoms with Crippen molar-refractivity contribution in [3.8, 4) is 5.75 Å². The molecule has 2 nitrogen and oxygen atoms in total. The van der Waals surface area contributed by atoms with E-state index in [2.05, 4.69) is 20.9 Å². The number of aromatic nitrogens is 1. The average Bonchev–Trinajstić information content (AvgIpc) is 2.62. The molecule has 0 spiro atoms. The van der Waals surface area contributed by atoms with Gasteiger partial charge in [-0.05, 0) is 60.7 Å². The normalized spacial score (nSPS) is 17.3. The Morgan fingerprint density at radius 2 is 2.07 bits per heavy atom. The van der Waals surface area contributed by atoms with E-state index in [4.69, 9.17) is 4.74 Å². The van der Waals surface area contributed by atoms with Crippen molar-refractivity contribution in [1.29, 1.82) is 0 Å². The number of nitrogens with zero attached hydrogens (tertiary/aromatic N) is 1. The van der Waals surface area contributed by atoms with E-state index in [1.165, 1.54) is 25.7 Å². The average molecular weight is 256 g/mol. The number of pyridine rings is 1. The van der Waals surface area contributed by atoms with Gasteiger partial charge in [0, 0.05) is 5.69 Å². The number of hydrogen-bond donors (Lipinski definition) is 0. The van der Waals surface area contributed by atoms with Gasteiger partial charge in [0.1, 0.15) is 4.60 Å². The summed E-state index contributed by atoms with van der Waals surface area (Å²) in [6.45, 7) is 1.98. The maximum absolute atomic E-state index is 5.85. The molecular weight excluding hydrogens is 242 g/mol. The third kappa shape index (κ3) is 2.27. The molecular formula is C11H14BrNO. The molecule has 2 rings (SSSR count). The van der Waals surface area contributed by atoms with Gasteiger partial charge in [0.25, 0.3) is 0 Å². The molecule has 1 aromatic rings. The summed E-state index contributed by atoms with van der Waals surface area (Å²) in [6, 6.07) is 3.97. The zero-order chi connectivity index (χ0) is 9.97. The van der Waals surface area contributed by atoms with Gasteiger partial charge >= 0.3 is 0 Å².